The molecule has 0 radical (unpaired) electrons. The number of carbonyl (C=O) groups excluding carboxylic acids is 1. The van der Waals surface area contributed by atoms with Gasteiger partial charge < -0.3 is 20.9 Å². The average Bonchev–Trinajstić information content (AvgIpc) is 3.51. The molecule has 186 valence electrons. The number of hydrogen-bond donors (Lipinski definition) is 2. The lowest BCUT2D eigenvalue weighted by molar-refractivity contribution is 0.0959. The molecule has 0 unspecified atom stereocenters. The summed E-state index contributed by atoms with van der Waals surface area (Å²) in [5, 5.41) is 3.88. The average molecular weight is 493 g/mol. The minimum absolute atomic E-state index is 0.123. The van der Waals surface area contributed by atoms with Crippen molar-refractivity contribution >= 4 is 38.8 Å². The van der Waals surface area contributed by atoms with Gasteiger partial charge in [0.1, 0.15) is 9.71 Å². The van der Waals surface area contributed by atoms with Crippen LogP contribution in [0, 0.1) is 6.92 Å². The van der Waals surface area contributed by atoms with Crippen molar-refractivity contribution in [3.63, 3.8) is 0 Å². The first kappa shape index (κ1) is 24.0. The van der Waals surface area contributed by atoms with Crippen LogP contribution in [0.2, 0.25) is 0 Å². The van der Waals surface area contributed by atoms with E-state index in [1.54, 1.807) is 0 Å². The number of thiophene rings is 1. The van der Waals surface area contributed by atoms with E-state index in [2.05, 4.69) is 49.3 Å². The number of amides is 1. The number of hydrogen-bond acceptors (Lipinski definition) is 7. The first-order valence-electron chi connectivity index (χ1n) is 12.8. The molecule has 0 atom stereocenters. The molecule has 2 saturated heterocycles. The number of piperazine rings is 1. The molecule has 2 aliphatic heterocycles. The van der Waals surface area contributed by atoms with Gasteiger partial charge >= 0.3 is 0 Å². The van der Waals surface area contributed by atoms with Crippen LogP contribution in [-0.2, 0) is 6.42 Å². The van der Waals surface area contributed by atoms with E-state index in [1.165, 1.54) is 61.6 Å². The number of aromatic nitrogens is 1. The lowest BCUT2D eigenvalue weighted by Gasteiger charge is -2.36. The predicted molar refractivity (Wildman–Crippen MR) is 146 cm³/mol. The number of carbonyl (C=O) groups is 1. The molecule has 8 heteroatoms. The quantitative estimate of drug-likeness (QED) is 0.502. The van der Waals surface area contributed by atoms with Crippen LogP contribution in [0.5, 0.6) is 0 Å². The van der Waals surface area contributed by atoms with Crippen LogP contribution >= 0.6 is 11.3 Å². The molecule has 35 heavy (non-hydrogen) atoms. The molecule has 7 nitrogen and oxygen atoms in total. The highest BCUT2D eigenvalue weighted by atomic mass is 32.1. The summed E-state index contributed by atoms with van der Waals surface area (Å²) < 4.78 is 0. The number of anilines is 2. The Bertz CT molecular complexity index is 1150. The zero-order valence-corrected chi connectivity index (χ0v) is 21.4. The second-order valence-electron chi connectivity index (χ2n) is 9.70. The first-order chi connectivity index (χ1) is 17.1. The Hall–Kier alpha value is -2.68. The van der Waals surface area contributed by atoms with E-state index in [-0.39, 0.29) is 5.91 Å². The van der Waals surface area contributed by atoms with Crippen LogP contribution in [0.25, 0.3) is 10.2 Å². The van der Waals surface area contributed by atoms with Gasteiger partial charge in [0.05, 0.1) is 5.69 Å². The van der Waals surface area contributed by atoms with Crippen molar-refractivity contribution in [1.29, 1.82) is 0 Å². The van der Waals surface area contributed by atoms with Crippen LogP contribution in [-0.4, -0.2) is 79.6 Å². The van der Waals surface area contributed by atoms with Crippen molar-refractivity contribution in [2.75, 3.05) is 69.5 Å². The minimum Gasteiger partial charge on any atom is -0.397 e. The fourth-order valence-corrected chi connectivity index (χ4v) is 6.11. The van der Waals surface area contributed by atoms with Gasteiger partial charge in [0, 0.05) is 62.6 Å². The standard InChI is InChI=1S/C27H36N6OS/c1-20-4-9-23-24(28)25(35-27(23)30-20)26(34)29-11-10-21-5-7-22(8-6-21)33-18-16-32(17-19-33)15-14-31-12-2-3-13-31/h4-9H,2-3,10-19,28H2,1H3,(H,29,34). The molecule has 1 aromatic carbocycles. The van der Waals surface area contributed by atoms with Crippen LogP contribution in [0.1, 0.15) is 33.8 Å². The molecule has 3 aromatic rings. The topological polar surface area (TPSA) is 77.7 Å². The smallest absolute Gasteiger partial charge is 0.263 e. The van der Waals surface area contributed by atoms with Gasteiger partial charge in [-0.05, 0) is 69.1 Å². The highest BCUT2D eigenvalue weighted by molar-refractivity contribution is 7.21. The summed E-state index contributed by atoms with van der Waals surface area (Å²) >= 11 is 1.36. The number of aryl methyl sites for hydroxylation is 1. The molecular weight excluding hydrogens is 456 g/mol. The van der Waals surface area contributed by atoms with Crippen molar-refractivity contribution in [2.24, 2.45) is 0 Å². The Morgan fingerprint density at radius 2 is 1.66 bits per heavy atom. The summed E-state index contributed by atoms with van der Waals surface area (Å²) in [5.74, 6) is -0.123. The number of nitrogens with two attached hydrogens (primary N) is 1. The number of rotatable bonds is 8. The third-order valence-electron chi connectivity index (χ3n) is 7.24. The highest BCUT2D eigenvalue weighted by Crippen LogP contribution is 2.32. The molecule has 0 saturated carbocycles. The number of nitrogens with zero attached hydrogens (tertiary/aromatic N) is 4. The van der Waals surface area contributed by atoms with E-state index in [0.29, 0.717) is 17.1 Å². The first-order valence-corrected chi connectivity index (χ1v) is 13.6. The second-order valence-corrected chi connectivity index (χ2v) is 10.7. The van der Waals surface area contributed by atoms with Crippen molar-refractivity contribution in [1.82, 2.24) is 20.1 Å². The lowest BCUT2D eigenvalue weighted by atomic mass is 10.1. The maximum Gasteiger partial charge on any atom is 0.263 e. The third-order valence-corrected chi connectivity index (χ3v) is 8.36. The van der Waals surface area contributed by atoms with Crippen LogP contribution in [0.3, 0.4) is 0 Å². The molecule has 2 aromatic heterocycles. The number of pyridine rings is 1. The summed E-state index contributed by atoms with van der Waals surface area (Å²) in [6.07, 6.45) is 3.53. The zero-order chi connectivity index (χ0) is 24.2. The minimum atomic E-state index is -0.123. The Labute approximate surface area is 211 Å². The van der Waals surface area contributed by atoms with Gasteiger partial charge in [-0.2, -0.15) is 0 Å². The number of benzene rings is 1. The molecule has 2 fully saturated rings. The Morgan fingerprint density at radius 1 is 0.971 bits per heavy atom. The summed E-state index contributed by atoms with van der Waals surface area (Å²) in [7, 11) is 0. The zero-order valence-electron chi connectivity index (χ0n) is 20.6. The van der Waals surface area contributed by atoms with Gasteiger partial charge in [0.25, 0.3) is 5.91 Å². The lowest BCUT2D eigenvalue weighted by Crippen LogP contribution is -2.48. The van der Waals surface area contributed by atoms with Gasteiger partial charge in [0.15, 0.2) is 0 Å². The van der Waals surface area contributed by atoms with Crippen molar-refractivity contribution in [3.05, 3.63) is 52.5 Å². The SMILES string of the molecule is Cc1ccc2c(N)c(C(=O)NCCc3ccc(N4CCN(CCN5CCCC5)CC4)cc3)sc2n1. The Balaban J connectivity index is 1.07. The molecule has 4 heterocycles. The number of nitrogens with one attached hydrogen (secondary N) is 1. The molecule has 0 bridgehead atoms. The normalized spacial score (nSPS) is 17.3. The van der Waals surface area contributed by atoms with E-state index in [0.717, 1.165) is 48.5 Å². The molecule has 0 aliphatic carbocycles. The van der Waals surface area contributed by atoms with Gasteiger partial charge in [-0.1, -0.05) is 12.1 Å². The highest BCUT2D eigenvalue weighted by Gasteiger charge is 2.19. The van der Waals surface area contributed by atoms with Gasteiger partial charge in [0.2, 0.25) is 0 Å². The monoisotopic (exact) mass is 492 g/mol. The molecular formula is C27H36N6OS. The van der Waals surface area contributed by atoms with E-state index in [1.807, 2.05) is 19.1 Å². The summed E-state index contributed by atoms with van der Waals surface area (Å²) in [6, 6.07) is 12.7. The maximum absolute atomic E-state index is 12.7. The predicted octanol–water partition coefficient (Wildman–Crippen LogP) is 3.38. The molecule has 2 aliphatic rings. The van der Waals surface area contributed by atoms with Gasteiger partial charge in [-0.3, -0.25) is 9.69 Å². The van der Waals surface area contributed by atoms with Crippen molar-refractivity contribution in [2.45, 2.75) is 26.2 Å². The molecule has 1 amide bonds. The van der Waals surface area contributed by atoms with Gasteiger partial charge in [-0.25, -0.2) is 4.98 Å². The van der Waals surface area contributed by atoms with Crippen LogP contribution in [0.15, 0.2) is 36.4 Å². The van der Waals surface area contributed by atoms with Crippen LogP contribution < -0.4 is 16.0 Å². The van der Waals surface area contributed by atoms with E-state index in [4.69, 9.17) is 5.73 Å². The van der Waals surface area contributed by atoms with Crippen molar-refractivity contribution in [3.8, 4) is 0 Å². The van der Waals surface area contributed by atoms with Gasteiger partial charge in [-0.15, -0.1) is 11.3 Å². The maximum atomic E-state index is 12.7. The van der Waals surface area contributed by atoms with E-state index < -0.39 is 0 Å². The Kier molecular flexibility index (Phi) is 7.51. The van der Waals surface area contributed by atoms with E-state index in [9.17, 15) is 4.79 Å². The summed E-state index contributed by atoms with van der Waals surface area (Å²) in [4.78, 5) is 26.2. The Morgan fingerprint density at radius 3 is 2.37 bits per heavy atom. The number of nitrogen functional groups attached to an aromatic ring is 1. The number of fused-ring (bicyclic) bond motifs is 1. The summed E-state index contributed by atoms with van der Waals surface area (Å²) in [6.45, 7) is 11.9. The number of likely N-dealkylation sites (tertiary alicyclic amines) is 1. The van der Waals surface area contributed by atoms with Crippen LogP contribution in [0.4, 0.5) is 11.4 Å². The fourth-order valence-electron chi connectivity index (χ4n) is 5.05. The van der Waals surface area contributed by atoms with E-state index >= 15 is 0 Å². The fraction of sp³-hybridized carbons (Fsp3) is 0.481. The second kappa shape index (κ2) is 10.9. The molecule has 5 rings (SSSR count). The van der Waals surface area contributed by atoms with Crippen molar-refractivity contribution < 1.29 is 4.79 Å². The third kappa shape index (κ3) is 5.77. The summed E-state index contributed by atoms with van der Waals surface area (Å²) in [5.41, 5.74) is 10.2. The molecule has 3 N–H and O–H groups in total. The molecule has 0 spiro atoms. The largest absolute Gasteiger partial charge is 0.397 e.